The van der Waals surface area contributed by atoms with Crippen LogP contribution in [0.5, 0.6) is 0 Å². The standard InChI is InChI=1S/C11H16BrNO/c1-3-4-5-6-13-8-9(2)7-10(12)11(13)14/h7-8H,3-6H2,1-2H3. The Labute approximate surface area is 93.1 Å². The molecule has 0 fully saturated rings. The van der Waals surface area contributed by atoms with E-state index in [4.69, 9.17) is 0 Å². The topological polar surface area (TPSA) is 22.0 Å². The summed E-state index contributed by atoms with van der Waals surface area (Å²) in [7, 11) is 0. The van der Waals surface area contributed by atoms with E-state index in [-0.39, 0.29) is 5.56 Å². The minimum Gasteiger partial charge on any atom is -0.314 e. The lowest BCUT2D eigenvalue weighted by atomic mass is 10.2. The van der Waals surface area contributed by atoms with Crippen LogP contribution in [0, 0.1) is 6.92 Å². The largest absolute Gasteiger partial charge is 0.314 e. The van der Waals surface area contributed by atoms with Gasteiger partial charge in [0.2, 0.25) is 0 Å². The highest BCUT2D eigenvalue weighted by molar-refractivity contribution is 9.10. The molecule has 0 saturated carbocycles. The Balaban J connectivity index is 2.81. The van der Waals surface area contributed by atoms with Crippen molar-refractivity contribution in [3.8, 4) is 0 Å². The fourth-order valence-corrected chi connectivity index (χ4v) is 2.03. The van der Waals surface area contributed by atoms with Crippen LogP contribution in [0.25, 0.3) is 0 Å². The first kappa shape index (κ1) is 11.5. The summed E-state index contributed by atoms with van der Waals surface area (Å²) < 4.78 is 2.45. The minimum atomic E-state index is 0.0757. The Morgan fingerprint density at radius 3 is 2.79 bits per heavy atom. The van der Waals surface area contributed by atoms with Gasteiger partial charge in [-0.15, -0.1) is 0 Å². The first-order valence-electron chi connectivity index (χ1n) is 5.01. The first-order valence-corrected chi connectivity index (χ1v) is 5.81. The molecule has 0 unspecified atom stereocenters. The molecule has 14 heavy (non-hydrogen) atoms. The predicted molar refractivity (Wildman–Crippen MR) is 62.7 cm³/mol. The Kier molecular flexibility index (Phi) is 4.39. The third-order valence-electron chi connectivity index (χ3n) is 2.18. The number of hydrogen-bond acceptors (Lipinski definition) is 1. The van der Waals surface area contributed by atoms with Gasteiger partial charge in [0.05, 0.1) is 4.47 Å². The summed E-state index contributed by atoms with van der Waals surface area (Å²) in [5, 5.41) is 0. The van der Waals surface area contributed by atoms with Crippen molar-refractivity contribution in [2.45, 2.75) is 39.7 Å². The first-order chi connectivity index (χ1) is 6.65. The van der Waals surface area contributed by atoms with Crippen LogP contribution in [-0.4, -0.2) is 4.57 Å². The van der Waals surface area contributed by atoms with Crippen LogP contribution < -0.4 is 5.56 Å². The van der Waals surface area contributed by atoms with Crippen molar-refractivity contribution < 1.29 is 0 Å². The van der Waals surface area contributed by atoms with Gasteiger partial charge in [-0.05, 0) is 40.9 Å². The molecule has 0 spiro atoms. The van der Waals surface area contributed by atoms with Crippen molar-refractivity contribution in [1.29, 1.82) is 0 Å². The second-order valence-corrected chi connectivity index (χ2v) is 4.43. The van der Waals surface area contributed by atoms with Gasteiger partial charge < -0.3 is 4.57 Å². The lowest BCUT2D eigenvalue weighted by Crippen LogP contribution is -2.20. The predicted octanol–water partition coefficient (Wildman–Crippen LogP) is 3.11. The van der Waals surface area contributed by atoms with E-state index in [1.165, 1.54) is 12.8 Å². The quantitative estimate of drug-likeness (QED) is 0.760. The molecule has 1 heterocycles. The summed E-state index contributed by atoms with van der Waals surface area (Å²) in [6.07, 6.45) is 5.36. The molecule has 0 aliphatic carbocycles. The molecule has 0 aliphatic rings. The maximum Gasteiger partial charge on any atom is 0.264 e. The van der Waals surface area contributed by atoms with Crippen LogP contribution in [0.4, 0.5) is 0 Å². The van der Waals surface area contributed by atoms with E-state index in [1.807, 2.05) is 19.2 Å². The van der Waals surface area contributed by atoms with Gasteiger partial charge in [-0.1, -0.05) is 19.8 Å². The lowest BCUT2D eigenvalue weighted by molar-refractivity contribution is 0.584. The van der Waals surface area contributed by atoms with E-state index in [0.29, 0.717) is 4.47 Å². The smallest absolute Gasteiger partial charge is 0.264 e. The molecule has 1 rings (SSSR count). The number of aryl methyl sites for hydroxylation is 2. The normalized spacial score (nSPS) is 10.5. The molecular formula is C11H16BrNO. The molecule has 0 radical (unpaired) electrons. The van der Waals surface area contributed by atoms with Gasteiger partial charge in [-0.3, -0.25) is 4.79 Å². The zero-order valence-electron chi connectivity index (χ0n) is 8.72. The van der Waals surface area contributed by atoms with Gasteiger partial charge >= 0.3 is 0 Å². The van der Waals surface area contributed by atoms with E-state index in [2.05, 4.69) is 22.9 Å². The molecule has 0 atom stereocenters. The van der Waals surface area contributed by atoms with Gasteiger partial charge in [0.1, 0.15) is 0 Å². The number of pyridine rings is 1. The van der Waals surface area contributed by atoms with Crippen molar-refractivity contribution in [2.24, 2.45) is 0 Å². The van der Waals surface area contributed by atoms with Gasteiger partial charge in [0, 0.05) is 12.7 Å². The Hall–Kier alpha value is -0.570. The summed E-state index contributed by atoms with van der Waals surface area (Å²) in [4.78, 5) is 11.6. The molecule has 0 amide bonds. The van der Waals surface area contributed by atoms with Gasteiger partial charge in [-0.2, -0.15) is 0 Å². The van der Waals surface area contributed by atoms with E-state index in [1.54, 1.807) is 4.57 Å². The summed E-state index contributed by atoms with van der Waals surface area (Å²) in [5.41, 5.74) is 1.19. The Morgan fingerprint density at radius 1 is 1.43 bits per heavy atom. The number of halogens is 1. The molecule has 78 valence electrons. The van der Waals surface area contributed by atoms with Crippen LogP contribution in [0.15, 0.2) is 21.5 Å². The van der Waals surface area contributed by atoms with Gasteiger partial charge in [-0.25, -0.2) is 0 Å². The second-order valence-electron chi connectivity index (χ2n) is 3.57. The highest BCUT2D eigenvalue weighted by Gasteiger charge is 2.01. The molecule has 1 aromatic heterocycles. The average molecular weight is 258 g/mol. The van der Waals surface area contributed by atoms with Crippen LogP contribution in [0.3, 0.4) is 0 Å². The molecule has 1 aromatic rings. The van der Waals surface area contributed by atoms with E-state index in [9.17, 15) is 4.79 Å². The highest BCUT2D eigenvalue weighted by Crippen LogP contribution is 2.06. The van der Waals surface area contributed by atoms with Crippen LogP contribution in [0.1, 0.15) is 31.7 Å². The van der Waals surface area contributed by atoms with Crippen molar-refractivity contribution >= 4 is 15.9 Å². The van der Waals surface area contributed by atoms with Crippen molar-refractivity contribution in [3.05, 3.63) is 32.7 Å². The SMILES string of the molecule is CCCCCn1cc(C)cc(Br)c1=O. The zero-order valence-corrected chi connectivity index (χ0v) is 10.3. The molecule has 3 heteroatoms. The highest BCUT2D eigenvalue weighted by atomic mass is 79.9. The molecule has 2 nitrogen and oxygen atoms in total. The summed E-state index contributed by atoms with van der Waals surface area (Å²) in [5.74, 6) is 0. The number of rotatable bonds is 4. The van der Waals surface area contributed by atoms with Gasteiger partial charge in [0.15, 0.2) is 0 Å². The number of unbranched alkanes of at least 4 members (excludes halogenated alkanes) is 2. The van der Waals surface area contributed by atoms with Crippen LogP contribution in [0.2, 0.25) is 0 Å². The summed E-state index contributed by atoms with van der Waals surface area (Å²) >= 11 is 3.27. The Bertz CT molecular complexity index is 357. The van der Waals surface area contributed by atoms with Gasteiger partial charge in [0.25, 0.3) is 5.56 Å². The monoisotopic (exact) mass is 257 g/mol. The average Bonchev–Trinajstić information content (AvgIpc) is 2.13. The second kappa shape index (κ2) is 5.35. The number of hydrogen-bond donors (Lipinski definition) is 0. The molecule has 0 N–H and O–H groups in total. The molecule has 0 aliphatic heterocycles. The van der Waals surface area contributed by atoms with E-state index in [0.717, 1.165) is 18.5 Å². The van der Waals surface area contributed by atoms with Crippen LogP contribution in [-0.2, 0) is 6.54 Å². The fourth-order valence-electron chi connectivity index (χ4n) is 1.44. The number of aromatic nitrogens is 1. The zero-order chi connectivity index (χ0) is 10.6. The van der Waals surface area contributed by atoms with Crippen molar-refractivity contribution in [2.75, 3.05) is 0 Å². The van der Waals surface area contributed by atoms with E-state index < -0.39 is 0 Å². The third kappa shape index (κ3) is 2.98. The maximum absolute atomic E-state index is 11.6. The Morgan fingerprint density at radius 2 is 2.14 bits per heavy atom. The molecular weight excluding hydrogens is 242 g/mol. The van der Waals surface area contributed by atoms with Crippen molar-refractivity contribution in [3.63, 3.8) is 0 Å². The third-order valence-corrected chi connectivity index (χ3v) is 2.75. The molecule has 0 saturated heterocycles. The molecule has 0 aromatic carbocycles. The summed E-state index contributed by atoms with van der Waals surface area (Å²) in [6.45, 7) is 4.99. The van der Waals surface area contributed by atoms with Crippen LogP contribution >= 0.6 is 15.9 Å². The van der Waals surface area contributed by atoms with E-state index >= 15 is 0 Å². The molecule has 0 bridgehead atoms. The number of nitrogens with zero attached hydrogens (tertiary/aromatic N) is 1. The fraction of sp³-hybridized carbons (Fsp3) is 0.545. The maximum atomic E-state index is 11.6. The minimum absolute atomic E-state index is 0.0757. The summed E-state index contributed by atoms with van der Waals surface area (Å²) in [6, 6.07) is 1.86. The lowest BCUT2D eigenvalue weighted by Gasteiger charge is -2.06. The van der Waals surface area contributed by atoms with Crippen molar-refractivity contribution in [1.82, 2.24) is 4.57 Å².